The molecular formula is C17H26N3O+. The van der Waals surface area contributed by atoms with Crippen LogP contribution in [0.1, 0.15) is 37.0 Å². The summed E-state index contributed by atoms with van der Waals surface area (Å²) >= 11 is 0. The van der Waals surface area contributed by atoms with Crippen LogP contribution in [0.5, 0.6) is 0 Å². The number of hydrogen-bond donors (Lipinski definition) is 1. The molecule has 0 saturated heterocycles. The Morgan fingerprint density at radius 1 is 1.29 bits per heavy atom. The summed E-state index contributed by atoms with van der Waals surface area (Å²) < 4.78 is 0.663. The summed E-state index contributed by atoms with van der Waals surface area (Å²) in [6, 6.07) is 5.68. The Labute approximate surface area is 128 Å². The minimum Gasteiger partial charge on any atom is -0.320 e. The molecule has 21 heavy (non-hydrogen) atoms. The second kappa shape index (κ2) is 6.73. The first kappa shape index (κ1) is 17.2. The normalized spacial score (nSPS) is 12.6. The van der Waals surface area contributed by atoms with Gasteiger partial charge in [0.05, 0.1) is 32.3 Å². The van der Waals surface area contributed by atoms with Crippen LogP contribution in [0.25, 0.3) is 0 Å². The van der Waals surface area contributed by atoms with Crippen molar-refractivity contribution >= 4 is 11.6 Å². The summed E-state index contributed by atoms with van der Waals surface area (Å²) in [5.74, 6) is 0.0419. The Bertz CT molecular complexity index is 547. The molecule has 0 saturated carbocycles. The Hall–Kier alpha value is -1.86. The van der Waals surface area contributed by atoms with Crippen LogP contribution in [0.15, 0.2) is 12.1 Å². The first-order valence-electron chi connectivity index (χ1n) is 7.41. The first-order chi connectivity index (χ1) is 9.76. The van der Waals surface area contributed by atoms with Crippen LogP contribution in [-0.2, 0) is 4.79 Å². The molecule has 0 bridgehead atoms. The van der Waals surface area contributed by atoms with E-state index in [1.54, 1.807) is 0 Å². The summed E-state index contributed by atoms with van der Waals surface area (Å²) in [6.07, 6.45) is 0.793. The fourth-order valence-electron chi connectivity index (χ4n) is 2.65. The summed E-state index contributed by atoms with van der Waals surface area (Å²) in [5, 5.41) is 12.0. The molecule has 1 rings (SSSR count). The SMILES string of the molecule is CCC(C(=O)Nc1c(C)cc(C#N)cc1C)[N+](C)(C)CC. The van der Waals surface area contributed by atoms with Gasteiger partial charge in [-0.1, -0.05) is 6.92 Å². The van der Waals surface area contributed by atoms with Crippen molar-refractivity contribution in [2.45, 2.75) is 40.2 Å². The minimum absolute atomic E-state index is 0.0419. The van der Waals surface area contributed by atoms with Crippen molar-refractivity contribution in [3.05, 3.63) is 28.8 Å². The monoisotopic (exact) mass is 288 g/mol. The minimum atomic E-state index is -0.0792. The van der Waals surface area contributed by atoms with E-state index in [4.69, 9.17) is 5.26 Å². The van der Waals surface area contributed by atoms with Crippen LogP contribution < -0.4 is 5.32 Å². The fourth-order valence-corrected chi connectivity index (χ4v) is 2.65. The molecule has 4 nitrogen and oxygen atoms in total. The van der Waals surface area contributed by atoms with E-state index in [1.165, 1.54) is 0 Å². The Morgan fingerprint density at radius 3 is 2.19 bits per heavy atom. The number of quaternary nitrogens is 1. The molecule has 1 amide bonds. The van der Waals surface area contributed by atoms with E-state index < -0.39 is 0 Å². The van der Waals surface area contributed by atoms with Gasteiger partial charge in [0.15, 0.2) is 6.04 Å². The van der Waals surface area contributed by atoms with Crippen LogP contribution >= 0.6 is 0 Å². The van der Waals surface area contributed by atoms with Crippen LogP contribution in [0.3, 0.4) is 0 Å². The number of likely N-dealkylation sites (N-methyl/N-ethyl adjacent to an activating group) is 1. The van der Waals surface area contributed by atoms with Gasteiger partial charge in [-0.25, -0.2) is 0 Å². The van der Waals surface area contributed by atoms with Crippen LogP contribution in [0, 0.1) is 25.2 Å². The smallest absolute Gasteiger partial charge is 0.282 e. The van der Waals surface area contributed by atoms with Crippen LogP contribution in [0.4, 0.5) is 5.69 Å². The van der Waals surface area contributed by atoms with Gasteiger partial charge >= 0.3 is 0 Å². The molecule has 1 unspecified atom stereocenters. The molecule has 1 aromatic rings. The Kier molecular flexibility index (Phi) is 5.51. The van der Waals surface area contributed by atoms with Crippen molar-refractivity contribution in [3.8, 4) is 6.07 Å². The quantitative estimate of drug-likeness (QED) is 0.847. The maximum Gasteiger partial charge on any atom is 0.282 e. The molecule has 114 valence electrons. The average Bonchev–Trinajstić information content (AvgIpc) is 2.43. The van der Waals surface area contributed by atoms with Crippen molar-refractivity contribution in [1.82, 2.24) is 0 Å². The molecule has 1 aromatic carbocycles. The number of benzene rings is 1. The van der Waals surface area contributed by atoms with E-state index in [0.29, 0.717) is 10.0 Å². The number of rotatable bonds is 5. The lowest BCUT2D eigenvalue weighted by Crippen LogP contribution is -2.54. The van der Waals surface area contributed by atoms with Gasteiger partial charge in [-0.15, -0.1) is 0 Å². The summed E-state index contributed by atoms with van der Waals surface area (Å²) in [7, 11) is 4.15. The van der Waals surface area contributed by atoms with Gasteiger partial charge in [-0.3, -0.25) is 4.79 Å². The van der Waals surface area contributed by atoms with Crippen LogP contribution in [0.2, 0.25) is 0 Å². The molecule has 1 N–H and O–H groups in total. The summed E-state index contributed by atoms with van der Waals surface area (Å²) in [5.41, 5.74) is 3.31. The highest BCUT2D eigenvalue weighted by Crippen LogP contribution is 2.23. The van der Waals surface area contributed by atoms with Gasteiger partial charge in [-0.05, 0) is 44.0 Å². The molecule has 0 aliphatic heterocycles. The number of nitrogens with one attached hydrogen (secondary N) is 1. The molecule has 0 spiro atoms. The van der Waals surface area contributed by atoms with Gasteiger partial charge < -0.3 is 9.80 Å². The van der Waals surface area contributed by atoms with Crippen LogP contribution in [-0.4, -0.2) is 37.1 Å². The number of hydrogen-bond acceptors (Lipinski definition) is 2. The number of nitriles is 1. The molecule has 0 heterocycles. The third kappa shape index (κ3) is 3.83. The van der Waals surface area contributed by atoms with Crippen molar-refractivity contribution in [3.63, 3.8) is 0 Å². The lowest BCUT2D eigenvalue weighted by Gasteiger charge is -2.35. The largest absolute Gasteiger partial charge is 0.320 e. The second-order valence-electron chi connectivity index (χ2n) is 6.11. The predicted octanol–water partition coefficient (Wildman–Crippen LogP) is 2.99. The second-order valence-corrected chi connectivity index (χ2v) is 6.11. The van der Waals surface area contributed by atoms with E-state index in [9.17, 15) is 4.79 Å². The molecule has 0 aliphatic carbocycles. The molecule has 4 heteroatoms. The van der Waals surface area contributed by atoms with E-state index in [1.807, 2.05) is 32.9 Å². The third-order valence-corrected chi connectivity index (χ3v) is 4.26. The highest BCUT2D eigenvalue weighted by molar-refractivity contribution is 5.95. The average molecular weight is 288 g/mol. The summed E-state index contributed by atoms with van der Waals surface area (Å²) in [6.45, 7) is 8.87. The molecule has 0 aliphatic rings. The number of carbonyl (C=O) groups is 1. The zero-order chi connectivity index (χ0) is 16.2. The predicted molar refractivity (Wildman–Crippen MR) is 86.0 cm³/mol. The lowest BCUT2D eigenvalue weighted by molar-refractivity contribution is -0.904. The number of anilines is 1. The van der Waals surface area contributed by atoms with Gasteiger partial charge in [0.25, 0.3) is 5.91 Å². The molecule has 0 aromatic heterocycles. The fraction of sp³-hybridized carbons (Fsp3) is 0.529. The topological polar surface area (TPSA) is 52.9 Å². The maximum atomic E-state index is 12.6. The Balaban J connectivity index is 3.06. The van der Waals surface area contributed by atoms with E-state index in [-0.39, 0.29) is 11.9 Å². The van der Waals surface area contributed by atoms with Crippen molar-refractivity contribution in [1.29, 1.82) is 5.26 Å². The first-order valence-corrected chi connectivity index (χ1v) is 7.41. The molecule has 0 fully saturated rings. The lowest BCUT2D eigenvalue weighted by atomic mass is 10.0. The number of carbonyl (C=O) groups excluding carboxylic acids is 1. The zero-order valence-corrected chi connectivity index (χ0v) is 13.9. The van der Waals surface area contributed by atoms with Crippen molar-refractivity contribution in [2.24, 2.45) is 0 Å². The standard InChI is InChI=1S/C17H25N3O/c1-7-15(20(5,6)8-2)17(21)19-16-12(3)9-14(11-18)10-13(16)4/h9-10,15H,7-8H2,1-6H3/p+1. The zero-order valence-electron chi connectivity index (χ0n) is 13.9. The van der Waals surface area contributed by atoms with Crippen molar-refractivity contribution < 1.29 is 9.28 Å². The highest BCUT2D eigenvalue weighted by Gasteiger charge is 2.32. The maximum absolute atomic E-state index is 12.6. The molecule has 1 atom stereocenters. The van der Waals surface area contributed by atoms with Gasteiger partial charge in [0, 0.05) is 12.1 Å². The van der Waals surface area contributed by atoms with Gasteiger partial charge in [-0.2, -0.15) is 5.26 Å². The van der Waals surface area contributed by atoms with Gasteiger partial charge in [0.2, 0.25) is 0 Å². The third-order valence-electron chi connectivity index (χ3n) is 4.26. The molecule has 0 radical (unpaired) electrons. The van der Waals surface area contributed by atoms with E-state index in [0.717, 1.165) is 29.8 Å². The Morgan fingerprint density at radius 2 is 1.81 bits per heavy atom. The number of aryl methyl sites for hydroxylation is 2. The number of nitrogens with zero attached hydrogens (tertiary/aromatic N) is 2. The summed E-state index contributed by atoms with van der Waals surface area (Å²) in [4.78, 5) is 12.6. The van der Waals surface area contributed by atoms with Crippen molar-refractivity contribution in [2.75, 3.05) is 26.0 Å². The van der Waals surface area contributed by atoms with Gasteiger partial charge in [0.1, 0.15) is 0 Å². The van der Waals surface area contributed by atoms with E-state index in [2.05, 4.69) is 32.4 Å². The number of amides is 1. The molecular weight excluding hydrogens is 262 g/mol. The van der Waals surface area contributed by atoms with E-state index >= 15 is 0 Å². The highest BCUT2D eigenvalue weighted by atomic mass is 16.2.